The van der Waals surface area contributed by atoms with E-state index in [4.69, 9.17) is 0 Å². The molecule has 1 unspecified atom stereocenters. The quantitative estimate of drug-likeness (QED) is 0.893. The van der Waals surface area contributed by atoms with Crippen LogP contribution in [0.25, 0.3) is 0 Å². The molecular formula is C15H21N5. The SMILES string of the molecule is CC(Nc1nncc(NC(C)(C)C)n1)c1ccccc1. The first-order valence-electron chi connectivity index (χ1n) is 6.73. The molecule has 2 aromatic rings. The third kappa shape index (κ3) is 4.19. The van der Waals surface area contributed by atoms with Crippen LogP contribution in [0.15, 0.2) is 36.5 Å². The van der Waals surface area contributed by atoms with E-state index in [0.29, 0.717) is 5.95 Å². The second kappa shape index (κ2) is 5.86. The van der Waals surface area contributed by atoms with Crippen LogP contribution in [0.3, 0.4) is 0 Å². The van der Waals surface area contributed by atoms with Crippen LogP contribution in [0.4, 0.5) is 11.8 Å². The number of nitrogens with zero attached hydrogens (tertiary/aromatic N) is 3. The summed E-state index contributed by atoms with van der Waals surface area (Å²) >= 11 is 0. The van der Waals surface area contributed by atoms with Crippen molar-refractivity contribution in [2.75, 3.05) is 10.6 Å². The highest BCUT2D eigenvalue weighted by Crippen LogP contribution is 2.17. The molecule has 1 atom stereocenters. The van der Waals surface area contributed by atoms with E-state index in [1.54, 1.807) is 6.20 Å². The van der Waals surface area contributed by atoms with Crippen molar-refractivity contribution >= 4 is 11.8 Å². The van der Waals surface area contributed by atoms with Crippen LogP contribution < -0.4 is 10.6 Å². The van der Waals surface area contributed by atoms with Crippen molar-refractivity contribution in [2.24, 2.45) is 0 Å². The van der Waals surface area contributed by atoms with Crippen LogP contribution in [0.5, 0.6) is 0 Å². The third-order valence-electron chi connectivity index (χ3n) is 2.71. The Morgan fingerprint density at radius 2 is 1.80 bits per heavy atom. The molecule has 0 amide bonds. The minimum atomic E-state index is -0.0572. The van der Waals surface area contributed by atoms with Gasteiger partial charge in [-0.2, -0.15) is 10.1 Å². The van der Waals surface area contributed by atoms with Gasteiger partial charge >= 0.3 is 0 Å². The molecule has 0 saturated heterocycles. The van der Waals surface area contributed by atoms with Crippen LogP contribution >= 0.6 is 0 Å². The minimum absolute atomic E-state index is 0.0572. The Morgan fingerprint density at radius 3 is 2.45 bits per heavy atom. The Balaban J connectivity index is 2.08. The molecule has 106 valence electrons. The average molecular weight is 271 g/mol. The van der Waals surface area contributed by atoms with Crippen molar-refractivity contribution in [1.82, 2.24) is 15.2 Å². The molecule has 0 aliphatic heterocycles. The van der Waals surface area contributed by atoms with Gasteiger partial charge in [0.25, 0.3) is 0 Å². The molecule has 0 aliphatic carbocycles. The van der Waals surface area contributed by atoms with Gasteiger partial charge in [0.15, 0.2) is 5.82 Å². The molecule has 20 heavy (non-hydrogen) atoms. The fraction of sp³-hybridized carbons (Fsp3) is 0.400. The molecular weight excluding hydrogens is 250 g/mol. The second-order valence-corrected chi connectivity index (χ2v) is 5.82. The molecule has 5 nitrogen and oxygen atoms in total. The van der Waals surface area contributed by atoms with Crippen molar-refractivity contribution in [3.05, 3.63) is 42.1 Å². The Kier molecular flexibility index (Phi) is 4.17. The first kappa shape index (κ1) is 14.2. The standard InChI is InChI=1S/C15H21N5/c1-11(12-8-6-5-7-9-12)17-14-18-13(10-16-20-14)19-15(2,3)4/h5-11H,1-4H3,(H2,17,18,19,20). The Morgan fingerprint density at radius 1 is 1.10 bits per heavy atom. The molecule has 1 aromatic carbocycles. The normalized spacial score (nSPS) is 12.8. The van der Waals surface area contributed by atoms with E-state index >= 15 is 0 Å². The predicted molar refractivity (Wildman–Crippen MR) is 81.7 cm³/mol. The van der Waals surface area contributed by atoms with Gasteiger partial charge in [0, 0.05) is 5.54 Å². The molecule has 2 N–H and O–H groups in total. The zero-order valence-electron chi connectivity index (χ0n) is 12.4. The minimum Gasteiger partial charge on any atom is -0.364 e. The maximum Gasteiger partial charge on any atom is 0.245 e. The maximum absolute atomic E-state index is 4.43. The van der Waals surface area contributed by atoms with E-state index < -0.39 is 0 Å². The second-order valence-electron chi connectivity index (χ2n) is 5.82. The lowest BCUT2D eigenvalue weighted by molar-refractivity contribution is 0.628. The predicted octanol–water partition coefficient (Wildman–Crippen LogP) is 3.26. The summed E-state index contributed by atoms with van der Waals surface area (Å²) in [5, 5.41) is 14.5. The molecule has 0 bridgehead atoms. The summed E-state index contributed by atoms with van der Waals surface area (Å²) in [5.41, 5.74) is 1.13. The largest absolute Gasteiger partial charge is 0.364 e. The van der Waals surface area contributed by atoms with Gasteiger partial charge in [-0.15, -0.1) is 5.10 Å². The fourth-order valence-corrected chi connectivity index (χ4v) is 1.83. The molecule has 1 heterocycles. The van der Waals surface area contributed by atoms with E-state index in [1.165, 1.54) is 5.56 Å². The Bertz CT molecular complexity index is 548. The first-order chi connectivity index (χ1) is 9.44. The molecule has 0 aliphatic rings. The summed E-state index contributed by atoms with van der Waals surface area (Å²) in [6, 6.07) is 10.3. The molecule has 5 heteroatoms. The third-order valence-corrected chi connectivity index (χ3v) is 2.71. The average Bonchev–Trinajstić information content (AvgIpc) is 2.38. The van der Waals surface area contributed by atoms with Crippen LogP contribution in [0, 0.1) is 0 Å². The van der Waals surface area contributed by atoms with Gasteiger partial charge in [-0.25, -0.2) is 0 Å². The summed E-state index contributed by atoms with van der Waals surface area (Å²) in [4.78, 5) is 4.43. The Hall–Kier alpha value is -2.17. The molecule has 0 saturated carbocycles. The van der Waals surface area contributed by atoms with E-state index in [9.17, 15) is 0 Å². The Labute approximate surface area is 119 Å². The zero-order valence-corrected chi connectivity index (χ0v) is 12.4. The van der Waals surface area contributed by atoms with Crippen molar-refractivity contribution in [3.63, 3.8) is 0 Å². The van der Waals surface area contributed by atoms with Gasteiger partial charge in [0.1, 0.15) is 0 Å². The van der Waals surface area contributed by atoms with E-state index in [-0.39, 0.29) is 11.6 Å². The number of rotatable bonds is 4. The van der Waals surface area contributed by atoms with Crippen molar-refractivity contribution in [2.45, 2.75) is 39.3 Å². The van der Waals surface area contributed by atoms with E-state index in [1.807, 2.05) is 18.2 Å². The molecule has 2 rings (SSSR count). The van der Waals surface area contributed by atoms with Gasteiger partial charge in [-0.3, -0.25) is 0 Å². The van der Waals surface area contributed by atoms with Gasteiger partial charge in [0.05, 0.1) is 12.2 Å². The van der Waals surface area contributed by atoms with Crippen LogP contribution in [0.1, 0.15) is 39.3 Å². The van der Waals surface area contributed by atoms with Crippen molar-refractivity contribution in [1.29, 1.82) is 0 Å². The fourth-order valence-electron chi connectivity index (χ4n) is 1.83. The number of anilines is 2. The molecule has 0 radical (unpaired) electrons. The number of hydrogen-bond donors (Lipinski definition) is 2. The smallest absolute Gasteiger partial charge is 0.245 e. The topological polar surface area (TPSA) is 62.7 Å². The lowest BCUT2D eigenvalue weighted by Gasteiger charge is -2.21. The number of nitrogens with one attached hydrogen (secondary N) is 2. The van der Waals surface area contributed by atoms with Gasteiger partial charge in [-0.05, 0) is 33.3 Å². The summed E-state index contributed by atoms with van der Waals surface area (Å²) in [7, 11) is 0. The zero-order chi connectivity index (χ0) is 14.6. The molecule has 1 aromatic heterocycles. The number of hydrogen-bond acceptors (Lipinski definition) is 5. The summed E-state index contributed by atoms with van der Waals surface area (Å²) in [5.74, 6) is 1.24. The highest BCUT2D eigenvalue weighted by Gasteiger charge is 2.12. The van der Waals surface area contributed by atoms with Crippen LogP contribution in [-0.2, 0) is 0 Å². The lowest BCUT2D eigenvalue weighted by Crippen LogP contribution is -2.27. The van der Waals surface area contributed by atoms with E-state index in [2.05, 4.69) is 65.6 Å². The molecule has 0 spiro atoms. The molecule has 0 fully saturated rings. The summed E-state index contributed by atoms with van der Waals surface area (Å²) in [6.07, 6.45) is 1.63. The lowest BCUT2D eigenvalue weighted by atomic mass is 10.1. The highest BCUT2D eigenvalue weighted by molar-refractivity contribution is 5.40. The van der Waals surface area contributed by atoms with Crippen molar-refractivity contribution in [3.8, 4) is 0 Å². The number of aromatic nitrogens is 3. The van der Waals surface area contributed by atoms with E-state index in [0.717, 1.165) is 5.82 Å². The van der Waals surface area contributed by atoms with Crippen LogP contribution in [0.2, 0.25) is 0 Å². The van der Waals surface area contributed by atoms with Gasteiger partial charge in [0.2, 0.25) is 5.95 Å². The van der Waals surface area contributed by atoms with Crippen molar-refractivity contribution < 1.29 is 0 Å². The first-order valence-corrected chi connectivity index (χ1v) is 6.73. The summed E-state index contributed by atoms with van der Waals surface area (Å²) in [6.45, 7) is 8.31. The highest BCUT2D eigenvalue weighted by atomic mass is 15.3. The number of benzene rings is 1. The monoisotopic (exact) mass is 271 g/mol. The summed E-state index contributed by atoms with van der Waals surface area (Å²) < 4.78 is 0. The van der Waals surface area contributed by atoms with Gasteiger partial charge < -0.3 is 10.6 Å². The van der Waals surface area contributed by atoms with Crippen LogP contribution in [-0.4, -0.2) is 20.7 Å². The maximum atomic E-state index is 4.43. The van der Waals surface area contributed by atoms with Gasteiger partial charge in [-0.1, -0.05) is 30.3 Å².